The molecular weight excluding hydrogens is 296 g/mol. The Morgan fingerprint density at radius 2 is 1.96 bits per heavy atom. The van der Waals surface area contributed by atoms with Gasteiger partial charge in [0.25, 0.3) is 5.91 Å². The topological polar surface area (TPSA) is 105 Å². The Morgan fingerprint density at radius 1 is 1.26 bits per heavy atom. The van der Waals surface area contributed by atoms with Crippen LogP contribution in [0, 0.1) is 11.8 Å². The van der Waals surface area contributed by atoms with E-state index in [1.165, 1.54) is 0 Å². The Balaban J connectivity index is 1.53. The third-order valence-corrected chi connectivity index (χ3v) is 5.89. The van der Waals surface area contributed by atoms with Gasteiger partial charge >= 0.3 is 6.03 Å². The smallest absolute Gasteiger partial charge is 0.322 e. The van der Waals surface area contributed by atoms with Crippen LogP contribution >= 0.6 is 0 Å². The maximum Gasteiger partial charge on any atom is 0.322 e. The lowest BCUT2D eigenvalue weighted by molar-refractivity contribution is -0.134. The number of nitrogens with two attached hydrogens (primary N) is 1. The Morgan fingerprint density at radius 3 is 2.48 bits per heavy atom. The second-order valence-electron chi connectivity index (χ2n) is 7.32. The number of likely N-dealkylation sites (tertiary alicyclic amines) is 1. The molecule has 7 nitrogen and oxygen atoms in total. The lowest BCUT2D eigenvalue weighted by atomic mass is 9.79. The zero-order chi connectivity index (χ0) is 16.6. The summed E-state index contributed by atoms with van der Waals surface area (Å²) in [5.41, 5.74) is 5.20. The van der Waals surface area contributed by atoms with Crippen LogP contribution in [0.15, 0.2) is 0 Å². The first kappa shape index (κ1) is 16.2. The molecule has 2 aliphatic heterocycles. The zero-order valence-corrected chi connectivity index (χ0v) is 13.6. The van der Waals surface area contributed by atoms with Gasteiger partial charge in [0, 0.05) is 25.6 Å². The molecule has 0 radical (unpaired) electrons. The quantitative estimate of drug-likeness (QED) is 0.652. The van der Waals surface area contributed by atoms with Crippen LogP contribution in [0.4, 0.5) is 4.79 Å². The fourth-order valence-corrected chi connectivity index (χ4v) is 4.22. The Hall–Kier alpha value is -1.63. The van der Waals surface area contributed by atoms with Crippen LogP contribution in [-0.4, -0.2) is 47.4 Å². The van der Waals surface area contributed by atoms with Crippen LogP contribution in [0.1, 0.15) is 45.4 Å². The van der Waals surface area contributed by atoms with E-state index in [4.69, 9.17) is 5.73 Å². The number of piperidine rings is 1. The molecule has 1 unspecified atom stereocenters. The SMILES string of the molecule is CC1(C2CCN(C(=O)C[C@@H]3CCC[C@H]3N)CC2)NC(=O)NC1=O. The van der Waals surface area contributed by atoms with E-state index < -0.39 is 11.6 Å². The molecule has 7 heteroatoms. The number of nitrogens with zero attached hydrogens (tertiary/aromatic N) is 1. The van der Waals surface area contributed by atoms with E-state index in [1.807, 2.05) is 4.90 Å². The maximum atomic E-state index is 12.4. The van der Waals surface area contributed by atoms with Gasteiger partial charge in [-0.25, -0.2) is 4.79 Å². The summed E-state index contributed by atoms with van der Waals surface area (Å²) in [5.74, 6) is 0.296. The van der Waals surface area contributed by atoms with E-state index in [0.717, 1.165) is 32.1 Å². The number of hydrogen-bond donors (Lipinski definition) is 3. The van der Waals surface area contributed by atoms with Crippen LogP contribution < -0.4 is 16.4 Å². The van der Waals surface area contributed by atoms with Gasteiger partial charge in [-0.05, 0) is 44.4 Å². The van der Waals surface area contributed by atoms with Crippen LogP contribution in [-0.2, 0) is 9.59 Å². The molecule has 4 amide bonds. The van der Waals surface area contributed by atoms with E-state index in [1.54, 1.807) is 6.92 Å². The molecule has 4 N–H and O–H groups in total. The molecule has 1 aliphatic carbocycles. The van der Waals surface area contributed by atoms with Crippen LogP contribution in [0.5, 0.6) is 0 Å². The predicted molar refractivity (Wildman–Crippen MR) is 84.3 cm³/mol. The van der Waals surface area contributed by atoms with Gasteiger partial charge in [-0.1, -0.05) is 6.42 Å². The predicted octanol–water partition coefficient (Wildman–Crippen LogP) is 0.341. The molecule has 0 aromatic carbocycles. The molecule has 1 saturated carbocycles. The molecular formula is C16H26N4O3. The summed E-state index contributed by atoms with van der Waals surface area (Å²) in [6.45, 7) is 3.06. The van der Waals surface area contributed by atoms with Crippen LogP contribution in [0.3, 0.4) is 0 Å². The highest BCUT2D eigenvalue weighted by atomic mass is 16.2. The van der Waals surface area contributed by atoms with E-state index in [9.17, 15) is 14.4 Å². The minimum Gasteiger partial charge on any atom is -0.343 e. The van der Waals surface area contributed by atoms with Gasteiger partial charge in [-0.3, -0.25) is 14.9 Å². The Kier molecular flexibility index (Phi) is 4.31. The number of hydrogen-bond acceptors (Lipinski definition) is 4. The summed E-state index contributed by atoms with van der Waals surface area (Å²) in [6, 6.07) is -0.265. The average molecular weight is 322 g/mol. The molecule has 128 valence electrons. The van der Waals surface area contributed by atoms with E-state index in [2.05, 4.69) is 10.6 Å². The first-order valence-corrected chi connectivity index (χ1v) is 8.57. The van der Waals surface area contributed by atoms with Gasteiger partial charge in [0.15, 0.2) is 0 Å². The number of imide groups is 1. The van der Waals surface area contributed by atoms with Crippen molar-refractivity contribution in [3.8, 4) is 0 Å². The maximum absolute atomic E-state index is 12.4. The van der Waals surface area contributed by atoms with Crippen molar-refractivity contribution in [3.05, 3.63) is 0 Å². The van der Waals surface area contributed by atoms with Crippen LogP contribution in [0.2, 0.25) is 0 Å². The molecule has 3 fully saturated rings. The number of urea groups is 1. The number of nitrogens with one attached hydrogen (secondary N) is 2. The fourth-order valence-electron chi connectivity index (χ4n) is 4.22. The second kappa shape index (κ2) is 6.11. The van der Waals surface area contributed by atoms with E-state index in [-0.39, 0.29) is 23.8 Å². The van der Waals surface area contributed by atoms with Crippen molar-refractivity contribution in [2.75, 3.05) is 13.1 Å². The largest absolute Gasteiger partial charge is 0.343 e. The number of carbonyl (C=O) groups is 3. The average Bonchev–Trinajstić information content (AvgIpc) is 3.03. The van der Waals surface area contributed by atoms with Gasteiger partial charge in [-0.2, -0.15) is 0 Å². The lowest BCUT2D eigenvalue weighted by Gasteiger charge is -2.39. The molecule has 0 bridgehead atoms. The van der Waals surface area contributed by atoms with Gasteiger partial charge in [0.1, 0.15) is 5.54 Å². The third-order valence-electron chi connectivity index (χ3n) is 5.89. The molecule has 3 rings (SSSR count). The normalized spacial score (nSPS) is 35.3. The number of rotatable bonds is 3. The summed E-state index contributed by atoms with van der Waals surface area (Å²) in [5, 5.41) is 5.05. The summed E-state index contributed by atoms with van der Waals surface area (Å²) in [7, 11) is 0. The zero-order valence-electron chi connectivity index (χ0n) is 13.6. The minimum absolute atomic E-state index is 0.0618. The third kappa shape index (κ3) is 3.06. The number of amides is 4. The van der Waals surface area contributed by atoms with Gasteiger partial charge in [0.2, 0.25) is 5.91 Å². The van der Waals surface area contributed by atoms with Crippen molar-refractivity contribution < 1.29 is 14.4 Å². The van der Waals surface area contributed by atoms with Crippen molar-refractivity contribution in [1.82, 2.24) is 15.5 Å². The van der Waals surface area contributed by atoms with Crippen molar-refractivity contribution in [1.29, 1.82) is 0 Å². The Bertz CT molecular complexity index is 515. The molecule has 0 aromatic heterocycles. The van der Waals surface area contributed by atoms with Crippen molar-refractivity contribution >= 4 is 17.8 Å². The summed E-state index contributed by atoms with van der Waals surface area (Å²) < 4.78 is 0. The molecule has 3 aliphatic rings. The summed E-state index contributed by atoms with van der Waals surface area (Å²) in [4.78, 5) is 37.7. The highest BCUT2D eigenvalue weighted by Gasteiger charge is 2.48. The molecule has 23 heavy (non-hydrogen) atoms. The summed E-state index contributed by atoms with van der Waals surface area (Å²) in [6.07, 6.45) is 5.19. The number of carbonyl (C=O) groups excluding carboxylic acids is 3. The van der Waals surface area contributed by atoms with Gasteiger partial charge < -0.3 is 16.0 Å². The molecule has 0 aromatic rings. The standard InChI is InChI=1S/C16H26N4O3/c1-16(14(22)18-15(23)19-16)11-5-7-20(8-6-11)13(21)9-10-3-2-4-12(10)17/h10-12H,2-9,17H2,1H3,(H2,18,19,22,23)/t10-,12+,16?/m0/s1. The van der Waals surface area contributed by atoms with E-state index >= 15 is 0 Å². The molecule has 2 heterocycles. The summed E-state index contributed by atoms with van der Waals surface area (Å²) >= 11 is 0. The van der Waals surface area contributed by atoms with Crippen LogP contribution in [0.25, 0.3) is 0 Å². The molecule has 2 saturated heterocycles. The Labute approximate surface area is 136 Å². The first-order valence-electron chi connectivity index (χ1n) is 8.57. The first-order chi connectivity index (χ1) is 10.9. The van der Waals surface area contributed by atoms with Crippen molar-refractivity contribution in [2.24, 2.45) is 17.6 Å². The highest BCUT2D eigenvalue weighted by molar-refractivity contribution is 6.06. The fraction of sp³-hybridized carbons (Fsp3) is 0.812. The monoisotopic (exact) mass is 322 g/mol. The van der Waals surface area contributed by atoms with Crippen molar-refractivity contribution in [3.63, 3.8) is 0 Å². The minimum atomic E-state index is -0.847. The molecule has 3 atom stereocenters. The second-order valence-corrected chi connectivity index (χ2v) is 7.32. The highest BCUT2D eigenvalue weighted by Crippen LogP contribution is 2.32. The van der Waals surface area contributed by atoms with Crippen molar-refractivity contribution in [2.45, 2.75) is 57.0 Å². The lowest BCUT2D eigenvalue weighted by Crippen LogP contribution is -2.54. The van der Waals surface area contributed by atoms with Gasteiger partial charge in [0.05, 0.1) is 0 Å². The van der Waals surface area contributed by atoms with Gasteiger partial charge in [-0.15, -0.1) is 0 Å². The molecule has 0 spiro atoms. The van der Waals surface area contributed by atoms with E-state index in [0.29, 0.717) is 25.4 Å².